The average Bonchev–Trinajstić information content (AvgIpc) is 2.91. The topological polar surface area (TPSA) is 95.1 Å². The van der Waals surface area contributed by atoms with Gasteiger partial charge in [0.1, 0.15) is 12.2 Å². The Bertz CT molecular complexity index is 1210. The first-order chi connectivity index (χ1) is 17.9. The van der Waals surface area contributed by atoms with Crippen LogP contribution in [0.1, 0.15) is 23.6 Å². The van der Waals surface area contributed by atoms with Crippen LogP contribution in [-0.2, 0) is 42.2 Å². The molecule has 0 radical (unpaired) electrons. The normalized spacial score (nSPS) is 24.1. The Morgan fingerprint density at radius 1 is 0.811 bits per heavy atom. The largest absolute Gasteiger partial charge is 0.369 e. The zero-order valence-electron chi connectivity index (χ0n) is 21.2. The second-order valence-corrected chi connectivity index (χ2v) is 10.7. The van der Waals surface area contributed by atoms with E-state index in [0.29, 0.717) is 13.2 Å². The van der Waals surface area contributed by atoms with E-state index in [-0.39, 0.29) is 4.90 Å². The standard InChI is InChI=1S/C28H34N2O6S/c1-20-14-16-24(17-15-20)37(31,32)30-29-25-21(2)36-28(33-3)27(35-19-23-12-8-5-9-13-23)26(25)34-18-22-10-6-4-7-11-22/h4-17,21,25-30H,18-19H2,1-3H3/t21-,25-,26+,27-,28+/m1/s1. The molecule has 198 valence electrons. The molecule has 0 aromatic heterocycles. The molecule has 0 spiro atoms. The molecular weight excluding hydrogens is 492 g/mol. The number of hydrazine groups is 1. The van der Waals surface area contributed by atoms with E-state index < -0.39 is 40.7 Å². The zero-order valence-corrected chi connectivity index (χ0v) is 22.1. The molecule has 1 heterocycles. The van der Waals surface area contributed by atoms with E-state index in [4.69, 9.17) is 18.9 Å². The van der Waals surface area contributed by atoms with E-state index in [1.54, 1.807) is 31.4 Å². The third kappa shape index (κ3) is 7.24. The highest BCUT2D eigenvalue weighted by atomic mass is 32.2. The summed E-state index contributed by atoms with van der Waals surface area (Å²) in [7, 11) is -2.27. The third-order valence-electron chi connectivity index (χ3n) is 6.29. The summed E-state index contributed by atoms with van der Waals surface area (Å²) >= 11 is 0. The lowest BCUT2D eigenvalue weighted by atomic mass is 9.97. The lowest BCUT2D eigenvalue weighted by Gasteiger charge is -2.45. The second-order valence-electron chi connectivity index (χ2n) is 9.06. The van der Waals surface area contributed by atoms with Gasteiger partial charge >= 0.3 is 0 Å². The summed E-state index contributed by atoms with van der Waals surface area (Å²) in [6.45, 7) is 4.37. The minimum atomic E-state index is -3.83. The van der Waals surface area contributed by atoms with Gasteiger partial charge in [0.05, 0.1) is 30.3 Å². The van der Waals surface area contributed by atoms with Crippen LogP contribution in [0.3, 0.4) is 0 Å². The Morgan fingerprint density at radius 3 is 1.89 bits per heavy atom. The molecule has 1 fully saturated rings. The maximum atomic E-state index is 13.0. The van der Waals surface area contributed by atoms with Crippen LogP contribution in [0, 0.1) is 6.92 Å². The molecule has 1 aliphatic rings. The molecule has 3 aromatic carbocycles. The Kier molecular flexibility index (Phi) is 9.44. The van der Waals surface area contributed by atoms with Crippen LogP contribution in [0.4, 0.5) is 0 Å². The van der Waals surface area contributed by atoms with Crippen molar-refractivity contribution in [2.45, 2.75) is 62.6 Å². The molecule has 4 rings (SSSR count). The Hall–Kier alpha value is -2.63. The van der Waals surface area contributed by atoms with Crippen LogP contribution >= 0.6 is 0 Å². The second kappa shape index (κ2) is 12.7. The van der Waals surface area contributed by atoms with Crippen molar-refractivity contribution in [3.8, 4) is 0 Å². The van der Waals surface area contributed by atoms with Gasteiger partial charge in [-0.25, -0.2) is 13.8 Å². The molecule has 0 aliphatic carbocycles. The first kappa shape index (κ1) is 27.4. The number of nitrogens with one attached hydrogen (secondary N) is 2. The Balaban J connectivity index is 1.56. The highest BCUT2D eigenvalue weighted by Crippen LogP contribution is 2.28. The summed E-state index contributed by atoms with van der Waals surface area (Å²) in [4.78, 5) is 2.67. The summed E-state index contributed by atoms with van der Waals surface area (Å²) < 4.78 is 50.4. The van der Waals surface area contributed by atoms with Crippen molar-refractivity contribution < 1.29 is 27.4 Å². The van der Waals surface area contributed by atoms with Crippen molar-refractivity contribution >= 4 is 10.0 Å². The highest BCUT2D eigenvalue weighted by Gasteiger charge is 2.46. The van der Waals surface area contributed by atoms with Crippen LogP contribution in [-0.4, -0.2) is 46.2 Å². The summed E-state index contributed by atoms with van der Waals surface area (Å²) in [5, 5.41) is 0. The van der Waals surface area contributed by atoms with E-state index in [1.807, 2.05) is 74.5 Å². The van der Waals surface area contributed by atoms with Gasteiger partial charge in [0.2, 0.25) is 0 Å². The monoisotopic (exact) mass is 526 g/mol. The number of ether oxygens (including phenoxy) is 4. The molecule has 3 aromatic rings. The van der Waals surface area contributed by atoms with Gasteiger partial charge in [-0.1, -0.05) is 78.4 Å². The fourth-order valence-corrected chi connectivity index (χ4v) is 5.12. The van der Waals surface area contributed by atoms with Crippen LogP contribution in [0.15, 0.2) is 89.8 Å². The maximum Gasteiger partial charge on any atom is 0.253 e. The number of rotatable bonds is 11. The molecule has 0 unspecified atom stereocenters. The van der Waals surface area contributed by atoms with E-state index in [1.165, 1.54) is 0 Å². The smallest absolute Gasteiger partial charge is 0.253 e. The molecule has 9 heteroatoms. The lowest BCUT2D eigenvalue weighted by molar-refractivity contribution is -0.287. The fraction of sp³-hybridized carbons (Fsp3) is 0.357. The van der Waals surface area contributed by atoms with E-state index >= 15 is 0 Å². The molecule has 0 saturated carbocycles. The molecule has 5 atom stereocenters. The number of benzene rings is 3. The quantitative estimate of drug-likeness (QED) is 0.368. The minimum absolute atomic E-state index is 0.156. The SMILES string of the molecule is CO[C@H]1O[C@H](C)[C@@H](NNS(=O)(=O)c2ccc(C)cc2)[C@H](OCc2ccccc2)[C@H]1OCc1ccccc1. The maximum absolute atomic E-state index is 13.0. The van der Waals surface area contributed by atoms with Gasteiger partial charge < -0.3 is 18.9 Å². The first-order valence-electron chi connectivity index (χ1n) is 12.2. The molecular formula is C28H34N2O6S. The molecule has 2 N–H and O–H groups in total. The van der Waals surface area contributed by atoms with Gasteiger partial charge in [-0.2, -0.15) is 0 Å². The van der Waals surface area contributed by atoms with Gasteiger partial charge in [-0.05, 0) is 37.1 Å². The summed E-state index contributed by atoms with van der Waals surface area (Å²) in [6, 6.07) is 25.6. The molecule has 8 nitrogen and oxygen atoms in total. The number of sulfonamides is 1. The van der Waals surface area contributed by atoms with Crippen molar-refractivity contribution in [3.63, 3.8) is 0 Å². The number of hydrogen-bond acceptors (Lipinski definition) is 7. The van der Waals surface area contributed by atoms with E-state index in [0.717, 1.165) is 16.7 Å². The van der Waals surface area contributed by atoms with Crippen LogP contribution in [0.5, 0.6) is 0 Å². The third-order valence-corrected chi connectivity index (χ3v) is 7.57. The van der Waals surface area contributed by atoms with Crippen molar-refractivity contribution in [3.05, 3.63) is 102 Å². The predicted octanol–water partition coefficient (Wildman–Crippen LogP) is 3.71. The van der Waals surface area contributed by atoms with Crippen LogP contribution < -0.4 is 10.3 Å². The van der Waals surface area contributed by atoms with Gasteiger partial charge in [-0.15, -0.1) is 4.83 Å². The Labute approximate surface area is 218 Å². The van der Waals surface area contributed by atoms with Gasteiger partial charge in [0.15, 0.2) is 6.29 Å². The van der Waals surface area contributed by atoms with Gasteiger partial charge in [0.25, 0.3) is 10.0 Å². The Morgan fingerprint density at radius 2 is 1.35 bits per heavy atom. The minimum Gasteiger partial charge on any atom is -0.369 e. The summed E-state index contributed by atoms with van der Waals surface area (Å²) in [5.41, 5.74) is 5.90. The summed E-state index contributed by atoms with van der Waals surface area (Å²) in [5.74, 6) is 0. The summed E-state index contributed by atoms with van der Waals surface area (Å²) in [6.07, 6.45) is -2.39. The highest BCUT2D eigenvalue weighted by molar-refractivity contribution is 7.89. The van der Waals surface area contributed by atoms with Crippen LogP contribution in [0.2, 0.25) is 0 Å². The van der Waals surface area contributed by atoms with E-state index in [2.05, 4.69) is 10.3 Å². The zero-order chi connectivity index (χ0) is 26.3. The van der Waals surface area contributed by atoms with E-state index in [9.17, 15) is 8.42 Å². The van der Waals surface area contributed by atoms with Crippen molar-refractivity contribution in [1.29, 1.82) is 0 Å². The average molecular weight is 527 g/mol. The van der Waals surface area contributed by atoms with Crippen LogP contribution in [0.25, 0.3) is 0 Å². The van der Waals surface area contributed by atoms with Crippen molar-refractivity contribution in [2.75, 3.05) is 7.11 Å². The first-order valence-corrected chi connectivity index (χ1v) is 13.7. The predicted molar refractivity (Wildman–Crippen MR) is 140 cm³/mol. The molecule has 37 heavy (non-hydrogen) atoms. The van der Waals surface area contributed by atoms with Gasteiger partial charge in [0, 0.05) is 7.11 Å². The van der Waals surface area contributed by atoms with Crippen molar-refractivity contribution in [2.24, 2.45) is 0 Å². The molecule has 1 saturated heterocycles. The number of methoxy groups -OCH3 is 1. The molecule has 1 aliphatic heterocycles. The molecule has 0 bridgehead atoms. The number of aryl methyl sites for hydroxylation is 1. The molecule has 0 amide bonds. The van der Waals surface area contributed by atoms with Crippen molar-refractivity contribution in [1.82, 2.24) is 10.3 Å². The number of hydrogen-bond donors (Lipinski definition) is 2. The fourth-order valence-electron chi connectivity index (χ4n) is 4.22. The van der Waals surface area contributed by atoms with Gasteiger partial charge in [-0.3, -0.25) is 0 Å². The lowest BCUT2D eigenvalue weighted by Crippen LogP contribution is -2.66.